The molecule has 0 aliphatic heterocycles. The van der Waals surface area contributed by atoms with Crippen LogP contribution in [0.25, 0.3) is 0 Å². The first kappa shape index (κ1) is 16.5. The second-order valence-corrected chi connectivity index (χ2v) is 1.65. The van der Waals surface area contributed by atoms with E-state index in [1.54, 1.807) is 0 Å². The number of aryl methyl sites for hydroxylation is 1. The Labute approximate surface area is 76.4 Å². The summed E-state index contributed by atoms with van der Waals surface area (Å²) >= 11 is 0. The molecule has 0 fully saturated rings. The van der Waals surface area contributed by atoms with Crippen molar-refractivity contribution in [2.24, 2.45) is 0 Å². The minimum absolute atomic E-state index is 0. The zero-order valence-electron chi connectivity index (χ0n) is 5.78. The molecule has 0 saturated carbocycles. The number of hydrogen-bond donors (Lipinski definition) is 0. The van der Waals surface area contributed by atoms with Crippen LogP contribution in [0.1, 0.15) is 5.56 Å². The smallest absolute Gasteiger partial charge is 0 e. The van der Waals surface area contributed by atoms with Gasteiger partial charge in [0.1, 0.15) is 0 Å². The zero-order chi connectivity index (χ0) is 5.11. The molecule has 0 atom stereocenters. The van der Waals surface area contributed by atoms with Crippen LogP contribution in [0.4, 0.5) is 0 Å². The molecule has 1 aromatic rings. The molecule has 1 aromatic carbocycles. The molecule has 10 heavy (non-hydrogen) atoms. The van der Waals surface area contributed by atoms with Gasteiger partial charge in [0, 0.05) is 8.41 Å². The molecule has 0 amide bonds. The lowest BCUT2D eigenvalue weighted by molar-refractivity contribution is 1.48. The van der Waals surface area contributed by atoms with E-state index in [1.807, 2.05) is 18.2 Å². The van der Waals surface area contributed by atoms with E-state index in [0.717, 1.165) is 0 Å². The molecule has 0 unspecified atom stereocenters. The lowest BCUT2D eigenvalue weighted by Gasteiger charge is -1.82. The Morgan fingerprint density at radius 3 is 1.50 bits per heavy atom. The molecule has 0 aliphatic rings. The van der Waals surface area contributed by atoms with Gasteiger partial charge >= 0.3 is 0 Å². The molecule has 3 radical (unpaired) electrons. The highest BCUT2D eigenvalue weighted by Gasteiger charge is 1.72. The maximum absolute atomic E-state index is 2.08. The van der Waals surface area contributed by atoms with Crippen molar-refractivity contribution >= 4 is 33.2 Å². The fourth-order valence-electron chi connectivity index (χ4n) is 0.534. The monoisotopic (exact) mass is 175 g/mol. The lowest BCUT2D eigenvalue weighted by Crippen LogP contribution is -1.62. The first-order valence-corrected chi connectivity index (χ1v) is 2.41. The Morgan fingerprint density at radius 2 is 1.30 bits per heavy atom. The normalized spacial score (nSPS) is 6.10. The summed E-state index contributed by atoms with van der Waals surface area (Å²) in [7, 11) is 0. The van der Waals surface area contributed by atoms with Gasteiger partial charge in [0.15, 0.2) is 0 Å². The predicted octanol–water partition coefficient (Wildman–Crippen LogP) is 2.46. The van der Waals surface area contributed by atoms with Gasteiger partial charge in [0.25, 0.3) is 0 Å². The van der Waals surface area contributed by atoms with Crippen LogP contribution in [0.15, 0.2) is 30.3 Å². The Balaban J connectivity index is -0.000000163. The van der Waals surface area contributed by atoms with E-state index in [1.165, 1.54) is 5.56 Å². The standard InChI is InChI=1S/C7H8.B.2ClH/c1-7-5-3-2-4-6-7;;;/h2-6H,1H3;;2*1H. The third-order valence-corrected chi connectivity index (χ3v) is 0.940. The van der Waals surface area contributed by atoms with E-state index in [-0.39, 0.29) is 33.2 Å². The van der Waals surface area contributed by atoms with Gasteiger partial charge in [-0.15, -0.1) is 24.8 Å². The van der Waals surface area contributed by atoms with Crippen molar-refractivity contribution in [3.63, 3.8) is 0 Å². The molecule has 0 aliphatic carbocycles. The molecule has 0 heterocycles. The molecule has 3 heteroatoms. The molecule has 0 N–H and O–H groups in total. The summed E-state index contributed by atoms with van der Waals surface area (Å²) in [5, 5.41) is 0. The summed E-state index contributed by atoms with van der Waals surface area (Å²) in [5.74, 6) is 0. The highest BCUT2D eigenvalue weighted by molar-refractivity contribution is 5.85. The number of benzene rings is 1. The van der Waals surface area contributed by atoms with Gasteiger partial charge in [-0.1, -0.05) is 35.9 Å². The fraction of sp³-hybridized carbons (Fsp3) is 0.143. The second kappa shape index (κ2) is 8.86. The van der Waals surface area contributed by atoms with Crippen molar-refractivity contribution < 1.29 is 0 Å². The van der Waals surface area contributed by atoms with Crippen LogP contribution < -0.4 is 0 Å². The van der Waals surface area contributed by atoms with Crippen LogP contribution in [-0.4, -0.2) is 8.41 Å². The van der Waals surface area contributed by atoms with Crippen molar-refractivity contribution in [2.45, 2.75) is 6.92 Å². The first-order chi connectivity index (χ1) is 3.39. The largest absolute Gasteiger partial charge is 0.147 e. The van der Waals surface area contributed by atoms with Gasteiger partial charge in [0.05, 0.1) is 0 Å². The minimum atomic E-state index is 0. The Bertz CT molecular complexity index is 142. The Kier molecular flexibility index (Phi) is 14.6. The van der Waals surface area contributed by atoms with Gasteiger partial charge in [-0.3, -0.25) is 0 Å². The van der Waals surface area contributed by atoms with Crippen molar-refractivity contribution in [1.29, 1.82) is 0 Å². The van der Waals surface area contributed by atoms with E-state index in [0.29, 0.717) is 0 Å². The highest BCUT2D eigenvalue weighted by Crippen LogP contribution is 1.92. The summed E-state index contributed by atoms with van der Waals surface area (Å²) in [4.78, 5) is 0. The quantitative estimate of drug-likeness (QED) is 0.532. The zero-order valence-corrected chi connectivity index (χ0v) is 7.41. The third kappa shape index (κ3) is 5.99. The van der Waals surface area contributed by atoms with E-state index >= 15 is 0 Å². The van der Waals surface area contributed by atoms with Gasteiger partial charge < -0.3 is 0 Å². The van der Waals surface area contributed by atoms with Gasteiger partial charge in [0.2, 0.25) is 0 Å². The average molecular weight is 176 g/mol. The van der Waals surface area contributed by atoms with E-state index in [9.17, 15) is 0 Å². The molecule has 1 rings (SSSR count). The number of hydrogen-bond acceptors (Lipinski definition) is 0. The minimum Gasteiger partial charge on any atom is -0.147 e. The van der Waals surface area contributed by atoms with E-state index in [4.69, 9.17) is 0 Å². The molecule has 0 bridgehead atoms. The summed E-state index contributed by atoms with van der Waals surface area (Å²) in [6, 6.07) is 10.3. The molecule has 0 nitrogen and oxygen atoms in total. The Hall–Kier alpha value is -0.135. The maximum Gasteiger partial charge on any atom is 0 e. The summed E-state index contributed by atoms with van der Waals surface area (Å²) in [5.41, 5.74) is 1.32. The maximum atomic E-state index is 2.08. The van der Waals surface area contributed by atoms with Gasteiger partial charge in [-0.25, -0.2) is 0 Å². The third-order valence-electron chi connectivity index (χ3n) is 0.940. The SMILES string of the molecule is Cc1ccccc1.Cl.Cl.[B]. The average Bonchev–Trinajstić information content (AvgIpc) is 1.69. The van der Waals surface area contributed by atoms with Crippen LogP contribution >= 0.6 is 24.8 Å². The van der Waals surface area contributed by atoms with Gasteiger partial charge in [-0.05, 0) is 6.92 Å². The summed E-state index contributed by atoms with van der Waals surface area (Å²) < 4.78 is 0. The van der Waals surface area contributed by atoms with E-state index < -0.39 is 0 Å². The molecule has 55 valence electrons. The van der Waals surface area contributed by atoms with Crippen molar-refractivity contribution in [3.05, 3.63) is 35.9 Å². The Morgan fingerprint density at radius 1 is 0.900 bits per heavy atom. The molecular weight excluding hydrogens is 166 g/mol. The van der Waals surface area contributed by atoms with Crippen LogP contribution in [-0.2, 0) is 0 Å². The van der Waals surface area contributed by atoms with E-state index in [2.05, 4.69) is 19.1 Å². The molecular formula is C7H10BCl2. The van der Waals surface area contributed by atoms with Crippen molar-refractivity contribution in [2.75, 3.05) is 0 Å². The van der Waals surface area contributed by atoms with Crippen LogP contribution in [0.5, 0.6) is 0 Å². The molecule has 0 spiro atoms. The van der Waals surface area contributed by atoms with Gasteiger partial charge in [-0.2, -0.15) is 0 Å². The number of halogens is 2. The second-order valence-electron chi connectivity index (χ2n) is 1.65. The summed E-state index contributed by atoms with van der Waals surface area (Å²) in [6.07, 6.45) is 0. The molecule has 0 aromatic heterocycles. The van der Waals surface area contributed by atoms with Crippen LogP contribution in [0.3, 0.4) is 0 Å². The predicted molar refractivity (Wildman–Crippen MR) is 51.4 cm³/mol. The highest BCUT2D eigenvalue weighted by atomic mass is 35.5. The van der Waals surface area contributed by atoms with Crippen LogP contribution in [0.2, 0.25) is 0 Å². The topological polar surface area (TPSA) is 0 Å². The van der Waals surface area contributed by atoms with Crippen LogP contribution in [0, 0.1) is 6.92 Å². The summed E-state index contributed by atoms with van der Waals surface area (Å²) in [6.45, 7) is 2.08. The van der Waals surface area contributed by atoms with Crippen molar-refractivity contribution in [3.8, 4) is 0 Å². The first-order valence-electron chi connectivity index (χ1n) is 2.41. The fourth-order valence-corrected chi connectivity index (χ4v) is 0.534. The van der Waals surface area contributed by atoms with Crippen molar-refractivity contribution in [1.82, 2.24) is 0 Å². The number of rotatable bonds is 0. The lowest BCUT2D eigenvalue weighted by atomic mass is 10.2. The molecule has 0 saturated heterocycles.